The SMILES string of the molecule is CC(=O)O[C@@H]1[C@@H](OC(C)=O)[C@@H](O[C@H]2[C@@H](OC(C)=O)[C@@H](OC(C)=O)C(O)O[C@@H]2COC(c2ccccc2)(c2ccccc2)c2ccccc2)O[C@H](COC(c2ccccc2)(c2ccccc2)c2ccccc2)[C@H]1OC(C)=O. The number of hydrogen-bond acceptors (Lipinski definition) is 16. The molecule has 0 saturated carbocycles. The Balaban J connectivity index is 1.26. The molecule has 6 aromatic carbocycles. The minimum absolute atomic E-state index is 0.412. The molecule has 0 radical (unpaired) electrons. The van der Waals surface area contributed by atoms with Gasteiger partial charge in [0.15, 0.2) is 43.1 Å². The van der Waals surface area contributed by atoms with E-state index < -0.39 is 116 Å². The van der Waals surface area contributed by atoms with Gasteiger partial charge in [0, 0.05) is 34.6 Å². The molecular formula is C60H60O16. The van der Waals surface area contributed by atoms with Crippen LogP contribution < -0.4 is 0 Å². The molecule has 396 valence electrons. The van der Waals surface area contributed by atoms with E-state index in [1.165, 1.54) is 0 Å². The Bertz CT molecular complexity index is 2660. The molecule has 6 aromatic rings. The van der Waals surface area contributed by atoms with Gasteiger partial charge in [0.25, 0.3) is 0 Å². The van der Waals surface area contributed by atoms with E-state index in [-0.39, 0.29) is 0 Å². The summed E-state index contributed by atoms with van der Waals surface area (Å²) in [5.41, 5.74) is 1.56. The monoisotopic (exact) mass is 1040 g/mol. The Morgan fingerprint density at radius 3 is 0.947 bits per heavy atom. The Kier molecular flexibility index (Phi) is 17.9. The van der Waals surface area contributed by atoms with E-state index in [2.05, 4.69) is 0 Å². The molecule has 1 unspecified atom stereocenters. The first-order chi connectivity index (χ1) is 36.7. The quantitative estimate of drug-likeness (QED) is 0.0475. The van der Waals surface area contributed by atoms with Crippen molar-refractivity contribution in [1.29, 1.82) is 0 Å². The third-order valence-electron chi connectivity index (χ3n) is 13.0. The molecule has 10 atom stereocenters. The molecule has 16 heteroatoms. The van der Waals surface area contributed by atoms with E-state index in [4.69, 9.17) is 47.4 Å². The summed E-state index contributed by atoms with van der Waals surface area (Å²) in [6.45, 7) is 4.76. The van der Waals surface area contributed by atoms with E-state index in [1.807, 2.05) is 182 Å². The third-order valence-corrected chi connectivity index (χ3v) is 13.0. The predicted molar refractivity (Wildman–Crippen MR) is 273 cm³/mol. The summed E-state index contributed by atoms with van der Waals surface area (Å²) in [5, 5.41) is 11.8. The fourth-order valence-corrected chi connectivity index (χ4v) is 10.0. The van der Waals surface area contributed by atoms with Crippen molar-refractivity contribution < 1.29 is 76.4 Å². The van der Waals surface area contributed by atoms with Crippen LogP contribution in [0.1, 0.15) is 68.0 Å². The fraction of sp³-hybridized carbons (Fsp3) is 0.317. The Morgan fingerprint density at radius 1 is 0.368 bits per heavy atom. The molecule has 1 N–H and O–H groups in total. The zero-order chi connectivity index (χ0) is 53.8. The van der Waals surface area contributed by atoms with Crippen LogP contribution in [0.2, 0.25) is 0 Å². The third kappa shape index (κ3) is 12.2. The van der Waals surface area contributed by atoms with Crippen molar-refractivity contribution in [2.24, 2.45) is 0 Å². The van der Waals surface area contributed by atoms with Gasteiger partial charge in [0.2, 0.25) is 0 Å². The predicted octanol–water partition coefficient (Wildman–Crippen LogP) is 7.49. The zero-order valence-electron chi connectivity index (χ0n) is 42.6. The van der Waals surface area contributed by atoms with Crippen LogP contribution >= 0.6 is 0 Å². The first kappa shape index (κ1) is 54.7. The van der Waals surface area contributed by atoms with Gasteiger partial charge in [0.1, 0.15) is 29.5 Å². The standard InChI is InChI=1S/C60H60O16/c1-38(61)69-51-50(37-68-60(46-30-18-9-19-31-46,47-32-20-10-21-33-47)48-34-22-11-23-35-48)75-58(56(73-42(5)65)54(51)71-40(3)63)76-52-49(74-57(66)55(72-41(4)64)53(52)70-39(2)62)36-67-59(43-24-12-6-13-25-43,44-26-14-7-15-27-44)45-28-16-8-17-29-45/h6-35,49-58,66H,36-37H2,1-5H3/t49-,50-,51-,52-,53-,54+,55-,56-,57?,58-/m1/s1. The number of benzene rings is 6. The molecule has 76 heavy (non-hydrogen) atoms. The van der Waals surface area contributed by atoms with Crippen molar-refractivity contribution in [3.8, 4) is 0 Å². The number of carbonyl (C=O) groups is 5. The second-order valence-corrected chi connectivity index (χ2v) is 18.3. The summed E-state index contributed by atoms with van der Waals surface area (Å²) < 4.78 is 63.8. The Morgan fingerprint density at radius 2 is 0.632 bits per heavy atom. The van der Waals surface area contributed by atoms with Crippen LogP contribution in [0.25, 0.3) is 0 Å². The maximum atomic E-state index is 13.2. The number of ether oxygens (including phenoxy) is 10. The average Bonchev–Trinajstić information content (AvgIpc) is 3.44. The molecular weight excluding hydrogens is 977 g/mol. The Hall–Kier alpha value is -7.57. The molecule has 2 aliphatic heterocycles. The number of rotatable bonds is 19. The molecule has 2 saturated heterocycles. The van der Waals surface area contributed by atoms with Gasteiger partial charge in [-0.25, -0.2) is 0 Å². The molecule has 2 heterocycles. The van der Waals surface area contributed by atoms with E-state index in [0.29, 0.717) is 33.4 Å². The first-order valence-corrected chi connectivity index (χ1v) is 24.8. The van der Waals surface area contributed by atoms with Gasteiger partial charge in [-0.15, -0.1) is 0 Å². The lowest BCUT2D eigenvalue weighted by Gasteiger charge is -2.49. The average molecular weight is 1040 g/mol. The minimum Gasteiger partial charge on any atom is -0.456 e. The molecule has 2 fully saturated rings. The van der Waals surface area contributed by atoms with Gasteiger partial charge in [-0.1, -0.05) is 182 Å². The number of esters is 5. The van der Waals surface area contributed by atoms with E-state index in [0.717, 1.165) is 34.6 Å². The molecule has 8 rings (SSSR count). The van der Waals surface area contributed by atoms with E-state index in [9.17, 15) is 29.1 Å². The normalized spacial score (nSPS) is 23.6. The van der Waals surface area contributed by atoms with Crippen LogP contribution in [0.5, 0.6) is 0 Å². The van der Waals surface area contributed by atoms with Crippen molar-refractivity contribution in [2.45, 2.75) is 107 Å². The number of hydrogen-bond donors (Lipinski definition) is 1. The lowest BCUT2D eigenvalue weighted by molar-refractivity contribution is -0.360. The highest BCUT2D eigenvalue weighted by atomic mass is 16.8. The molecule has 0 spiro atoms. The largest absolute Gasteiger partial charge is 0.456 e. The summed E-state index contributed by atoms with van der Waals surface area (Å²) in [5.74, 6) is -4.27. The van der Waals surface area contributed by atoms with Gasteiger partial charge in [-0.3, -0.25) is 24.0 Å². The molecule has 0 bridgehead atoms. The second-order valence-electron chi connectivity index (χ2n) is 18.3. The molecule has 2 aliphatic rings. The maximum absolute atomic E-state index is 13.2. The Labute approximate surface area is 440 Å². The topological polar surface area (TPSA) is 198 Å². The summed E-state index contributed by atoms with van der Waals surface area (Å²) in [6.07, 6.45) is -16.5. The minimum atomic E-state index is -1.93. The van der Waals surface area contributed by atoms with Crippen LogP contribution in [-0.2, 0) is 82.5 Å². The summed E-state index contributed by atoms with van der Waals surface area (Å²) in [4.78, 5) is 65.5. The maximum Gasteiger partial charge on any atom is 0.303 e. The van der Waals surface area contributed by atoms with Crippen LogP contribution in [0, 0.1) is 0 Å². The van der Waals surface area contributed by atoms with Crippen LogP contribution in [0.15, 0.2) is 182 Å². The van der Waals surface area contributed by atoms with Crippen molar-refractivity contribution in [3.63, 3.8) is 0 Å². The lowest BCUT2D eigenvalue weighted by atomic mass is 9.80. The van der Waals surface area contributed by atoms with Gasteiger partial charge >= 0.3 is 29.8 Å². The van der Waals surface area contributed by atoms with Crippen LogP contribution in [0.3, 0.4) is 0 Å². The second kappa shape index (κ2) is 24.8. The smallest absolute Gasteiger partial charge is 0.303 e. The lowest BCUT2D eigenvalue weighted by Crippen LogP contribution is -2.67. The molecule has 0 amide bonds. The highest BCUT2D eigenvalue weighted by Crippen LogP contribution is 2.44. The van der Waals surface area contributed by atoms with E-state index >= 15 is 0 Å². The van der Waals surface area contributed by atoms with Crippen molar-refractivity contribution in [2.75, 3.05) is 13.2 Å². The van der Waals surface area contributed by atoms with Crippen LogP contribution in [-0.4, -0.2) is 110 Å². The zero-order valence-corrected chi connectivity index (χ0v) is 42.6. The number of carbonyl (C=O) groups excluding carboxylic acids is 5. The fourth-order valence-electron chi connectivity index (χ4n) is 10.0. The summed E-state index contributed by atoms with van der Waals surface area (Å²) >= 11 is 0. The highest BCUT2D eigenvalue weighted by molar-refractivity contribution is 5.69. The van der Waals surface area contributed by atoms with Gasteiger partial charge in [-0.2, -0.15) is 0 Å². The first-order valence-electron chi connectivity index (χ1n) is 24.8. The van der Waals surface area contributed by atoms with Crippen molar-refractivity contribution in [1.82, 2.24) is 0 Å². The van der Waals surface area contributed by atoms with Crippen LogP contribution in [0.4, 0.5) is 0 Å². The summed E-state index contributed by atoms with van der Waals surface area (Å²) in [7, 11) is 0. The van der Waals surface area contributed by atoms with Gasteiger partial charge in [0.05, 0.1) is 13.2 Å². The highest BCUT2D eigenvalue weighted by Gasteiger charge is 2.58. The van der Waals surface area contributed by atoms with Crippen molar-refractivity contribution >= 4 is 29.8 Å². The molecule has 0 aromatic heterocycles. The molecule has 0 aliphatic carbocycles. The molecule has 16 nitrogen and oxygen atoms in total. The van der Waals surface area contributed by atoms with Crippen molar-refractivity contribution in [3.05, 3.63) is 215 Å². The van der Waals surface area contributed by atoms with Gasteiger partial charge in [-0.05, 0) is 33.4 Å². The number of aliphatic hydroxyl groups excluding tert-OH is 1. The van der Waals surface area contributed by atoms with E-state index in [1.54, 1.807) is 0 Å². The summed E-state index contributed by atoms with van der Waals surface area (Å²) in [6, 6.07) is 56.6. The number of aliphatic hydroxyl groups is 1. The van der Waals surface area contributed by atoms with Gasteiger partial charge < -0.3 is 52.5 Å².